The summed E-state index contributed by atoms with van der Waals surface area (Å²) in [6, 6.07) is 13.2. The van der Waals surface area contributed by atoms with E-state index in [0.717, 1.165) is 22.9 Å². The molecule has 6 nitrogen and oxygen atoms in total. The first-order chi connectivity index (χ1) is 12.0. The Hall–Kier alpha value is -3.15. The van der Waals surface area contributed by atoms with Gasteiger partial charge in [-0.05, 0) is 25.3 Å². The molecule has 0 aromatic heterocycles. The Morgan fingerprint density at radius 3 is 2.48 bits per heavy atom. The number of rotatable bonds is 6. The molecule has 0 saturated heterocycles. The number of anilines is 1. The fraction of sp³-hybridized carbons (Fsp3) is 0.211. The summed E-state index contributed by atoms with van der Waals surface area (Å²) in [6.07, 6.45) is 0.874. The van der Waals surface area contributed by atoms with Gasteiger partial charge in [0.05, 0.1) is 6.61 Å². The highest BCUT2D eigenvalue weighted by Gasteiger charge is 2.17. The van der Waals surface area contributed by atoms with E-state index in [-0.39, 0.29) is 6.61 Å². The minimum absolute atomic E-state index is 0.210. The van der Waals surface area contributed by atoms with Crippen LogP contribution in [0.2, 0.25) is 0 Å². The van der Waals surface area contributed by atoms with Crippen molar-refractivity contribution in [1.82, 2.24) is 0 Å². The molecule has 2 aromatic rings. The summed E-state index contributed by atoms with van der Waals surface area (Å²) in [7, 11) is 0. The molecule has 0 spiro atoms. The van der Waals surface area contributed by atoms with Crippen LogP contribution in [0, 0.1) is 0 Å². The molecule has 1 atom stereocenters. The van der Waals surface area contributed by atoms with Crippen LogP contribution < -0.4 is 5.32 Å². The molecule has 25 heavy (non-hydrogen) atoms. The summed E-state index contributed by atoms with van der Waals surface area (Å²) >= 11 is 0. The van der Waals surface area contributed by atoms with E-state index in [1.54, 1.807) is 13.0 Å². The van der Waals surface area contributed by atoms with E-state index in [1.807, 2.05) is 36.4 Å². The predicted octanol–water partition coefficient (Wildman–Crippen LogP) is 2.83. The van der Waals surface area contributed by atoms with Crippen molar-refractivity contribution in [2.45, 2.75) is 20.0 Å². The van der Waals surface area contributed by atoms with Crippen LogP contribution in [0.5, 0.6) is 0 Å². The van der Waals surface area contributed by atoms with Crippen LogP contribution in [0.1, 0.15) is 13.8 Å². The molecule has 0 saturated carbocycles. The van der Waals surface area contributed by atoms with E-state index in [9.17, 15) is 14.4 Å². The maximum atomic E-state index is 12.2. The molecule has 0 heterocycles. The second-order valence-corrected chi connectivity index (χ2v) is 5.18. The molecule has 0 radical (unpaired) electrons. The fourth-order valence-corrected chi connectivity index (χ4v) is 2.16. The van der Waals surface area contributed by atoms with Gasteiger partial charge >= 0.3 is 11.9 Å². The first kappa shape index (κ1) is 18.2. The molecule has 1 amide bonds. The number of fused-ring (bicyclic) bond motifs is 1. The molecule has 1 N–H and O–H groups in total. The maximum Gasteiger partial charge on any atom is 0.331 e. The van der Waals surface area contributed by atoms with Crippen molar-refractivity contribution in [2.24, 2.45) is 0 Å². The van der Waals surface area contributed by atoms with Crippen LogP contribution in [0.3, 0.4) is 0 Å². The second-order valence-electron chi connectivity index (χ2n) is 5.18. The van der Waals surface area contributed by atoms with Gasteiger partial charge in [0, 0.05) is 23.2 Å². The quantitative estimate of drug-likeness (QED) is 0.645. The Labute approximate surface area is 145 Å². The Balaban J connectivity index is 1.98. The summed E-state index contributed by atoms with van der Waals surface area (Å²) in [4.78, 5) is 35.0. The largest absolute Gasteiger partial charge is 0.463 e. The van der Waals surface area contributed by atoms with E-state index in [0.29, 0.717) is 5.69 Å². The number of hydrogen-bond donors (Lipinski definition) is 1. The van der Waals surface area contributed by atoms with Crippen LogP contribution in [0.15, 0.2) is 54.6 Å². The van der Waals surface area contributed by atoms with E-state index >= 15 is 0 Å². The Bertz CT molecular complexity index is 807. The molecule has 0 aliphatic carbocycles. The van der Waals surface area contributed by atoms with Crippen molar-refractivity contribution in [3.63, 3.8) is 0 Å². The van der Waals surface area contributed by atoms with Crippen LogP contribution in [-0.4, -0.2) is 30.6 Å². The van der Waals surface area contributed by atoms with Gasteiger partial charge in [-0.25, -0.2) is 9.59 Å². The minimum Gasteiger partial charge on any atom is -0.463 e. The summed E-state index contributed by atoms with van der Waals surface area (Å²) < 4.78 is 9.63. The molecule has 130 valence electrons. The lowest BCUT2D eigenvalue weighted by Crippen LogP contribution is -2.29. The summed E-state index contributed by atoms with van der Waals surface area (Å²) in [6.45, 7) is 3.32. The molecular formula is C19H19NO5. The fourth-order valence-electron chi connectivity index (χ4n) is 2.16. The highest BCUT2D eigenvalue weighted by molar-refractivity contribution is 6.04. The van der Waals surface area contributed by atoms with E-state index in [2.05, 4.69) is 10.1 Å². The number of carbonyl (C=O) groups excluding carboxylic acids is 3. The standard InChI is InChI=1S/C19H19NO5/c1-3-24-17(21)11-12-18(22)25-13(2)19(23)20-16-10-6-8-14-7-4-5-9-15(14)16/h4-13H,3H2,1-2H3,(H,20,23)/b12-11+/t13-/m0/s1. The highest BCUT2D eigenvalue weighted by Crippen LogP contribution is 2.23. The van der Waals surface area contributed by atoms with Crippen molar-refractivity contribution in [2.75, 3.05) is 11.9 Å². The van der Waals surface area contributed by atoms with Gasteiger partial charge in [0.15, 0.2) is 6.10 Å². The molecule has 0 unspecified atom stereocenters. The molecule has 0 bridgehead atoms. The first-order valence-corrected chi connectivity index (χ1v) is 7.85. The summed E-state index contributed by atoms with van der Waals surface area (Å²) in [5.41, 5.74) is 0.632. The maximum absolute atomic E-state index is 12.2. The number of nitrogens with one attached hydrogen (secondary N) is 1. The Morgan fingerprint density at radius 1 is 1.04 bits per heavy atom. The number of ether oxygens (including phenoxy) is 2. The smallest absolute Gasteiger partial charge is 0.331 e. The molecule has 2 rings (SSSR count). The van der Waals surface area contributed by atoms with Crippen molar-refractivity contribution in [3.8, 4) is 0 Å². The topological polar surface area (TPSA) is 81.7 Å². The molecule has 0 aliphatic rings. The van der Waals surface area contributed by atoms with Gasteiger partial charge in [-0.3, -0.25) is 4.79 Å². The van der Waals surface area contributed by atoms with Crippen LogP contribution in [0.4, 0.5) is 5.69 Å². The molecule has 0 aliphatic heterocycles. The SMILES string of the molecule is CCOC(=O)/C=C/C(=O)O[C@@H](C)C(=O)Nc1cccc2ccccc12. The first-order valence-electron chi connectivity index (χ1n) is 7.85. The summed E-state index contributed by atoms with van der Waals surface area (Å²) in [5, 5.41) is 4.62. The van der Waals surface area contributed by atoms with Gasteiger partial charge in [-0.15, -0.1) is 0 Å². The number of benzene rings is 2. The number of amides is 1. The number of esters is 2. The monoisotopic (exact) mass is 341 g/mol. The Kier molecular flexibility index (Phi) is 6.28. The molecule has 6 heteroatoms. The molecule has 0 fully saturated rings. The van der Waals surface area contributed by atoms with Gasteiger partial charge in [0.1, 0.15) is 0 Å². The lowest BCUT2D eigenvalue weighted by molar-refractivity contribution is -0.148. The highest BCUT2D eigenvalue weighted by atomic mass is 16.5. The third-order valence-electron chi connectivity index (χ3n) is 3.35. The predicted molar refractivity (Wildman–Crippen MR) is 93.9 cm³/mol. The number of hydrogen-bond acceptors (Lipinski definition) is 5. The normalized spacial score (nSPS) is 11.9. The lowest BCUT2D eigenvalue weighted by atomic mass is 10.1. The third-order valence-corrected chi connectivity index (χ3v) is 3.35. The minimum atomic E-state index is -1.02. The Morgan fingerprint density at radius 2 is 1.72 bits per heavy atom. The van der Waals surface area contributed by atoms with E-state index in [1.165, 1.54) is 6.92 Å². The lowest BCUT2D eigenvalue weighted by Gasteiger charge is -2.13. The van der Waals surface area contributed by atoms with Gasteiger partial charge in [-0.1, -0.05) is 36.4 Å². The van der Waals surface area contributed by atoms with Crippen molar-refractivity contribution in [3.05, 3.63) is 54.6 Å². The van der Waals surface area contributed by atoms with Crippen molar-refractivity contribution >= 4 is 34.3 Å². The van der Waals surface area contributed by atoms with Gasteiger partial charge in [-0.2, -0.15) is 0 Å². The van der Waals surface area contributed by atoms with E-state index in [4.69, 9.17) is 4.74 Å². The van der Waals surface area contributed by atoms with Gasteiger partial charge in [0.2, 0.25) is 0 Å². The van der Waals surface area contributed by atoms with Crippen LogP contribution in [-0.2, 0) is 23.9 Å². The van der Waals surface area contributed by atoms with Crippen LogP contribution >= 0.6 is 0 Å². The van der Waals surface area contributed by atoms with Crippen molar-refractivity contribution in [1.29, 1.82) is 0 Å². The van der Waals surface area contributed by atoms with Gasteiger partial charge < -0.3 is 14.8 Å². The molecular weight excluding hydrogens is 322 g/mol. The third kappa shape index (κ3) is 5.17. The molecule has 2 aromatic carbocycles. The number of carbonyl (C=O) groups is 3. The van der Waals surface area contributed by atoms with Crippen LogP contribution in [0.25, 0.3) is 10.8 Å². The second kappa shape index (κ2) is 8.63. The van der Waals surface area contributed by atoms with E-state index < -0.39 is 23.9 Å². The zero-order valence-corrected chi connectivity index (χ0v) is 14.0. The zero-order chi connectivity index (χ0) is 18.2. The zero-order valence-electron chi connectivity index (χ0n) is 14.0. The van der Waals surface area contributed by atoms with Crippen molar-refractivity contribution < 1.29 is 23.9 Å². The summed E-state index contributed by atoms with van der Waals surface area (Å²) in [5.74, 6) is -1.91. The average Bonchev–Trinajstić information content (AvgIpc) is 2.60. The van der Waals surface area contributed by atoms with Gasteiger partial charge in [0.25, 0.3) is 5.91 Å². The average molecular weight is 341 g/mol.